The standard InChI is InChI=1S/C16H17NO2S2/c18-16(15-12-4-8-20-14(12)5-9-21-15)17-6-3-11(10-17)13-2-1-7-19-13/h1-2,4,7-8,11,15H,3,5-6,9-10H2/t11-,15-/m0/s1. The molecule has 0 N–H and O–H groups in total. The number of fused-ring (bicyclic) bond motifs is 1. The van der Waals surface area contributed by atoms with E-state index in [2.05, 4.69) is 11.4 Å². The van der Waals surface area contributed by atoms with Gasteiger partial charge in [0.05, 0.1) is 6.26 Å². The van der Waals surface area contributed by atoms with Gasteiger partial charge in [-0.15, -0.1) is 23.1 Å². The fourth-order valence-electron chi connectivity index (χ4n) is 3.23. The quantitative estimate of drug-likeness (QED) is 0.846. The maximum atomic E-state index is 12.9. The van der Waals surface area contributed by atoms with Gasteiger partial charge in [-0.1, -0.05) is 0 Å². The van der Waals surface area contributed by atoms with E-state index in [1.807, 2.05) is 17.0 Å². The Morgan fingerprint density at radius 2 is 2.33 bits per heavy atom. The van der Waals surface area contributed by atoms with Crippen LogP contribution in [-0.2, 0) is 11.2 Å². The number of aryl methyl sites for hydroxylation is 1. The Morgan fingerprint density at radius 1 is 1.38 bits per heavy atom. The number of amides is 1. The molecule has 2 aliphatic rings. The first-order chi connectivity index (χ1) is 10.3. The van der Waals surface area contributed by atoms with Gasteiger partial charge in [0, 0.05) is 23.9 Å². The smallest absolute Gasteiger partial charge is 0.240 e. The molecule has 0 aliphatic carbocycles. The molecule has 2 aromatic rings. The molecule has 2 aromatic heterocycles. The van der Waals surface area contributed by atoms with E-state index >= 15 is 0 Å². The van der Waals surface area contributed by atoms with Gasteiger partial charge in [-0.2, -0.15) is 0 Å². The fourth-order valence-corrected chi connectivity index (χ4v) is 5.61. The van der Waals surface area contributed by atoms with Crippen LogP contribution >= 0.6 is 23.1 Å². The second kappa shape index (κ2) is 5.54. The predicted octanol–water partition coefficient (Wildman–Crippen LogP) is 3.69. The summed E-state index contributed by atoms with van der Waals surface area (Å²) in [5.41, 5.74) is 1.25. The van der Waals surface area contributed by atoms with Gasteiger partial charge >= 0.3 is 0 Å². The van der Waals surface area contributed by atoms with Crippen LogP contribution in [0.25, 0.3) is 0 Å². The lowest BCUT2D eigenvalue weighted by molar-refractivity contribution is -0.129. The maximum absolute atomic E-state index is 12.9. The average molecular weight is 319 g/mol. The highest BCUT2D eigenvalue weighted by molar-refractivity contribution is 8.00. The van der Waals surface area contributed by atoms with Crippen molar-refractivity contribution < 1.29 is 9.21 Å². The van der Waals surface area contributed by atoms with Gasteiger partial charge < -0.3 is 9.32 Å². The third kappa shape index (κ3) is 2.42. The van der Waals surface area contributed by atoms with Crippen molar-refractivity contribution >= 4 is 29.0 Å². The zero-order chi connectivity index (χ0) is 14.2. The first-order valence-corrected chi connectivity index (χ1v) is 9.26. The van der Waals surface area contributed by atoms with E-state index in [1.54, 1.807) is 29.4 Å². The first-order valence-electron chi connectivity index (χ1n) is 7.33. The molecule has 0 spiro atoms. The van der Waals surface area contributed by atoms with Crippen molar-refractivity contribution in [2.45, 2.75) is 24.0 Å². The highest BCUT2D eigenvalue weighted by atomic mass is 32.2. The molecular formula is C16H17NO2S2. The van der Waals surface area contributed by atoms with E-state index < -0.39 is 0 Å². The molecule has 1 saturated heterocycles. The minimum absolute atomic E-state index is 0.00958. The highest BCUT2D eigenvalue weighted by Crippen LogP contribution is 2.41. The van der Waals surface area contributed by atoms with Crippen LogP contribution in [0.4, 0.5) is 0 Å². The molecule has 4 rings (SSSR count). The summed E-state index contributed by atoms with van der Waals surface area (Å²) in [7, 11) is 0. The molecule has 1 fully saturated rings. The number of furan rings is 1. The van der Waals surface area contributed by atoms with Gasteiger partial charge in [0.2, 0.25) is 5.91 Å². The third-order valence-electron chi connectivity index (χ3n) is 4.35. The summed E-state index contributed by atoms with van der Waals surface area (Å²) in [5.74, 6) is 2.71. The molecule has 5 heteroatoms. The van der Waals surface area contributed by atoms with E-state index in [0.29, 0.717) is 5.92 Å². The fraction of sp³-hybridized carbons (Fsp3) is 0.438. The van der Waals surface area contributed by atoms with Crippen LogP contribution in [0.5, 0.6) is 0 Å². The molecule has 2 aliphatic heterocycles. The summed E-state index contributed by atoms with van der Waals surface area (Å²) in [6, 6.07) is 6.08. The van der Waals surface area contributed by atoms with Crippen molar-refractivity contribution in [3.05, 3.63) is 46.0 Å². The SMILES string of the molecule is O=C([C@H]1SCCc2sccc21)N1CC[C@H](c2ccco2)C1. The first kappa shape index (κ1) is 13.5. The van der Waals surface area contributed by atoms with Gasteiger partial charge in [0.15, 0.2) is 0 Å². The number of rotatable bonds is 2. The van der Waals surface area contributed by atoms with Crippen molar-refractivity contribution in [2.75, 3.05) is 18.8 Å². The molecule has 0 unspecified atom stereocenters. The molecular weight excluding hydrogens is 302 g/mol. The van der Waals surface area contributed by atoms with Crippen LogP contribution in [-0.4, -0.2) is 29.6 Å². The lowest BCUT2D eigenvalue weighted by Gasteiger charge is -2.26. The summed E-state index contributed by atoms with van der Waals surface area (Å²) >= 11 is 3.58. The van der Waals surface area contributed by atoms with Gasteiger partial charge in [0.25, 0.3) is 0 Å². The Morgan fingerprint density at radius 3 is 3.19 bits per heavy atom. The molecule has 21 heavy (non-hydrogen) atoms. The van der Waals surface area contributed by atoms with E-state index in [0.717, 1.165) is 37.4 Å². The summed E-state index contributed by atoms with van der Waals surface area (Å²) in [4.78, 5) is 16.3. The zero-order valence-electron chi connectivity index (χ0n) is 11.7. The van der Waals surface area contributed by atoms with E-state index in [1.165, 1.54) is 10.4 Å². The number of thioether (sulfide) groups is 1. The van der Waals surface area contributed by atoms with Crippen LogP contribution in [0.15, 0.2) is 34.3 Å². The summed E-state index contributed by atoms with van der Waals surface area (Å²) in [6.45, 7) is 1.64. The summed E-state index contributed by atoms with van der Waals surface area (Å²) in [6.07, 6.45) is 3.83. The Kier molecular flexibility index (Phi) is 3.55. The molecule has 2 atom stereocenters. The lowest BCUT2D eigenvalue weighted by atomic mass is 10.1. The Bertz CT molecular complexity index is 635. The number of hydrogen-bond donors (Lipinski definition) is 0. The highest BCUT2D eigenvalue weighted by Gasteiger charge is 2.35. The lowest BCUT2D eigenvalue weighted by Crippen LogP contribution is -2.33. The minimum atomic E-state index is 0.00958. The molecule has 4 heterocycles. The van der Waals surface area contributed by atoms with Gasteiger partial charge in [0.1, 0.15) is 11.0 Å². The Labute approximate surface area is 132 Å². The number of likely N-dealkylation sites (tertiary alicyclic amines) is 1. The third-order valence-corrected chi connectivity index (χ3v) is 6.57. The van der Waals surface area contributed by atoms with Crippen LogP contribution in [0.2, 0.25) is 0 Å². The van der Waals surface area contributed by atoms with Gasteiger partial charge in [-0.3, -0.25) is 4.79 Å². The minimum Gasteiger partial charge on any atom is -0.469 e. The van der Waals surface area contributed by atoms with E-state index in [9.17, 15) is 4.79 Å². The van der Waals surface area contributed by atoms with Crippen molar-refractivity contribution in [1.82, 2.24) is 4.90 Å². The van der Waals surface area contributed by atoms with Crippen molar-refractivity contribution in [3.63, 3.8) is 0 Å². The maximum Gasteiger partial charge on any atom is 0.240 e. The summed E-state index contributed by atoms with van der Waals surface area (Å²) in [5, 5.41) is 2.13. The average Bonchev–Trinajstić information content (AvgIpc) is 3.23. The number of hydrogen-bond acceptors (Lipinski definition) is 4. The largest absolute Gasteiger partial charge is 0.469 e. The topological polar surface area (TPSA) is 33.5 Å². The number of nitrogens with zero attached hydrogens (tertiary/aromatic N) is 1. The van der Waals surface area contributed by atoms with Gasteiger partial charge in [-0.25, -0.2) is 0 Å². The van der Waals surface area contributed by atoms with Gasteiger partial charge in [-0.05, 0) is 47.7 Å². The second-order valence-electron chi connectivity index (χ2n) is 5.59. The number of carbonyl (C=O) groups is 1. The Hall–Kier alpha value is -1.20. The van der Waals surface area contributed by atoms with Crippen molar-refractivity contribution in [1.29, 1.82) is 0 Å². The predicted molar refractivity (Wildman–Crippen MR) is 85.9 cm³/mol. The molecule has 0 aromatic carbocycles. The Balaban J connectivity index is 1.50. The van der Waals surface area contributed by atoms with Crippen molar-refractivity contribution in [2.24, 2.45) is 0 Å². The monoisotopic (exact) mass is 319 g/mol. The molecule has 3 nitrogen and oxygen atoms in total. The molecule has 1 amide bonds. The molecule has 0 radical (unpaired) electrons. The normalized spacial score (nSPS) is 25.0. The van der Waals surface area contributed by atoms with Crippen molar-refractivity contribution in [3.8, 4) is 0 Å². The molecule has 0 bridgehead atoms. The van der Waals surface area contributed by atoms with Crippen LogP contribution in [0, 0.1) is 0 Å². The summed E-state index contributed by atoms with van der Waals surface area (Å²) < 4.78 is 5.49. The molecule has 0 saturated carbocycles. The molecule has 110 valence electrons. The number of carbonyl (C=O) groups excluding carboxylic acids is 1. The van der Waals surface area contributed by atoms with E-state index in [4.69, 9.17) is 4.42 Å². The zero-order valence-corrected chi connectivity index (χ0v) is 13.3. The van der Waals surface area contributed by atoms with Crippen LogP contribution in [0.1, 0.15) is 33.8 Å². The second-order valence-corrected chi connectivity index (χ2v) is 7.80. The van der Waals surface area contributed by atoms with E-state index in [-0.39, 0.29) is 11.2 Å². The van der Waals surface area contributed by atoms with Crippen LogP contribution in [0.3, 0.4) is 0 Å². The number of thiophene rings is 1. The van der Waals surface area contributed by atoms with Crippen LogP contribution < -0.4 is 0 Å².